The zero-order valence-electron chi connectivity index (χ0n) is 8.50. The van der Waals surface area contributed by atoms with Crippen LogP contribution in [0.15, 0.2) is 10.8 Å². The lowest BCUT2D eigenvalue weighted by Gasteiger charge is -2.06. The van der Waals surface area contributed by atoms with Crippen LogP contribution in [0.2, 0.25) is 0 Å². The van der Waals surface area contributed by atoms with E-state index in [4.69, 9.17) is 0 Å². The molecule has 13 heavy (non-hydrogen) atoms. The fraction of sp³-hybridized carbons (Fsp3) is 0.818. The van der Waals surface area contributed by atoms with Gasteiger partial charge in [0.05, 0.1) is 4.58 Å². The fourth-order valence-electron chi connectivity index (χ4n) is 1.50. The van der Waals surface area contributed by atoms with E-state index in [1.165, 1.54) is 44.9 Å². The summed E-state index contributed by atoms with van der Waals surface area (Å²) in [6.07, 6.45) is 9.94. The van der Waals surface area contributed by atoms with Gasteiger partial charge in [-0.05, 0) is 17.2 Å². The molecular weight excluding hydrogens is 196 g/mol. The van der Waals surface area contributed by atoms with Gasteiger partial charge >= 0.3 is 0 Å². The predicted octanol–water partition coefficient (Wildman–Crippen LogP) is 5.01. The normalized spacial score (nSPS) is 17.0. The maximum absolute atomic E-state index is 2.28. The molecule has 0 fully saturated rings. The summed E-state index contributed by atoms with van der Waals surface area (Å²) in [4.78, 5) is 0. The third-order valence-corrected chi connectivity index (χ3v) is 4.81. The first-order valence-corrected chi connectivity index (χ1v) is 7.28. The molecule has 0 unspecified atom stereocenters. The van der Waals surface area contributed by atoms with Crippen molar-refractivity contribution in [2.45, 2.75) is 56.5 Å². The van der Waals surface area contributed by atoms with E-state index in [0.29, 0.717) is 0 Å². The Morgan fingerprint density at radius 3 is 2.23 bits per heavy atom. The van der Waals surface area contributed by atoms with Gasteiger partial charge in [0.25, 0.3) is 0 Å². The highest BCUT2D eigenvalue weighted by molar-refractivity contribution is 8.22. The van der Waals surface area contributed by atoms with Crippen LogP contribution in [0.4, 0.5) is 0 Å². The fourth-order valence-corrected chi connectivity index (χ4v) is 3.61. The van der Waals surface area contributed by atoms with E-state index >= 15 is 0 Å². The Labute approximate surface area is 90.9 Å². The van der Waals surface area contributed by atoms with E-state index in [9.17, 15) is 0 Å². The van der Waals surface area contributed by atoms with Gasteiger partial charge in [-0.15, -0.1) is 23.5 Å². The number of hydrogen-bond donors (Lipinski definition) is 0. The molecule has 0 saturated carbocycles. The van der Waals surface area contributed by atoms with Gasteiger partial charge in [0.1, 0.15) is 0 Å². The number of hydrogen-bond acceptors (Lipinski definition) is 2. The number of thioether (sulfide) groups is 2. The minimum atomic E-state index is 0.839. The summed E-state index contributed by atoms with van der Waals surface area (Å²) in [5.74, 6) is 0. The van der Waals surface area contributed by atoms with Gasteiger partial charge in [-0.3, -0.25) is 0 Å². The van der Waals surface area contributed by atoms with Crippen LogP contribution < -0.4 is 0 Å². The highest BCUT2D eigenvalue weighted by Crippen LogP contribution is 2.36. The van der Waals surface area contributed by atoms with Crippen LogP contribution in [0, 0.1) is 0 Å². The molecule has 0 amide bonds. The topological polar surface area (TPSA) is 0 Å². The standard InChI is InChI=1S/C11H20S2/c1-2-3-4-5-6-7-8-11-12-9-10-13-11/h9-11H,2-8H2,1H3. The van der Waals surface area contributed by atoms with E-state index in [1.807, 2.05) is 23.5 Å². The van der Waals surface area contributed by atoms with Crippen molar-refractivity contribution in [1.29, 1.82) is 0 Å². The summed E-state index contributed by atoms with van der Waals surface area (Å²) in [5, 5.41) is 4.46. The molecular formula is C11H20S2. The molecule has 0 aromatic carbocycles. The van der Waals surface area contributed by atoms with Crippen LogP contribution in [-0.4, -0.2) is 4.58 Å². The van der Waals surface area contributed by atoms with Crippen molar-refractivity contribution in [1.82, 2.24) is 0 Å². The van der Waals surface area contributed by atoms with Gasteiger partial charge in [0.2, 0.25) is 0 Å². The number of rotatable bonds is 7. The highest BCUT2D eigenvalue weighted by atomic mass is 32.2. The predicted molar refractivity (Wildman–Crippen MR) is 66.1 cm³/mol. The minimum absolute atomic E-state index is 0.839. The summed E-state index contributed by atoms with van der Waals surface area (Å²) in [6.45, 7) is 2.28. The van der Waals surface area contributed by atoms with E-state index in [2.05, 4.69) is 17.7 Å². The van der Waals surface area contributed by atoms with Crippen LogP contribution in [0.5, 0.6) is 0 Å². The second-order valence-corrected chi connectivity index (χ2v) is 6.06. The minimum Gasteiger partial charge on any atom is -0.119 e. The third-order valence-electron chi connectivity index (χ3n) is 2.31. The lowest BCUT2D eigenvalue weighted by atomic mass is 10.1. The van der Waals surface area contributed by atoms with Crippen molar-refractivity contribution in [2.24, 2.45) is 0 Å². The lowest BCUT2D eigenvalue weighted by Crippen LogP contribution is -1.91. The third kappa shape index (κ3) is 5.69. The van der Waals surface area contributed by atoms with E-state index in [1.54, 1.807) is 0 Å². The zero-order chi connectivity index (χ0) is 9.36. The molecule has 0 N–H and O–H groups in total. The van der Waals surface area contributed by atoms with Crippen LogP contribution >= 0.6 is 23.5 Å². The first-order valence-electron chi connectivity index (χ1n) is 5.39. The summed E-state index contributed by atoms with van der Waals surface area (Å²) in [7, 11) is 0. The van der Waals surface area contributed by atoms with Gasteiger partial charge in [0.15, 0.2) is 0 Å². The average molecular weight is 216 g/mol. The van der Waals surface area contributed by atoms with Gasteiger partial charge in [-0.2, -0.15) is 0 Å². The maximum atomic E-state index is 2.28. The Kier molecular flexibility index (Phi) is 6.92. The van der Waals surface area contributed by atoms with Crippen LogP contribution in [-0.2, 0) is 0 Å². The number of unbranched alkanes of at least 4 members (excludes halogenated alkanes) is 5. The summed E-state index contributed by atoms with van der Waals surface area (Å²) < 4.78 is 0.839. The van der Waals surface area contributed by atoms with Crippen molar-refractivity contribution in [3.05, 3.63) is 10.8 Å². The molecule has 1 heterocycles. The summed E-state index contributed by atoms with van der Waals surface area (Å²) in [5.41, 5.74) is 0. The van der Waals surface area contributed by atoms with Crippen molar-refractivity contribution < 1.29 is 0 Å². The molecule has 0 atom stereocenters. The second kappa shape index (κ2) is 7.81. The SMILES string of the molecule is CCCCCCCCC1SC=CS1. The second-order valence-electron chi connectivity index (χ2n) is 3.53. The molecule has 1 aliphatic rings. The van der Waals surface area contributed by atoms with Crippen LogP contribution in [0.3, 0.4) is 0 Å². The zero-order valence-corrected chi connectivity index (χ0v) is 10.1. The highest BCUT2D eigenvalue weighted by Gasteiger charge is 2.10. The lowest BCUT2D eigenvalue weighted by molar-refractivity contribution is 0.600. The Balaban J connectivity index is 1.78. The molecule has 0 aromatic rings. The Morgan fingerprint density at radius 2 is 1.54 bits per heavy atom. The molecule has 1 rings (SSSR count). The monoisotopic (exact) mass is 216 g/mol. The Morgan fingerprint density at radius 1 is 0.923 bits per heavy atom. The van der Waals surface area contributed by atoms with Crippen LogP contribution in [0.25, 0.3) is 0 Å². The van der Waals surface area contributed by atoms with Crippen molar-refractivity contribution in [3.63, 3.8) is 0 Å². The smallest absolute Gasteiger partial charge is 0.0585 e. The van der Waals surface area contributed by atoms with Crippen molar-refractivity contribution >= 4 is 23.5 Å². The molecule has 0 aromatic heterocycles. The van der Waals surface area contributed by atoms with E-state index in [-0.39, 0.29) is 0 Å². The summed E-state index contributed by atoms with van der Waals surface area (Å²) in [6, 6.07) is 0. The van der Waals surface area contributed by atoms with Gasteiger partial charge < -0.3 is 0 Å². The first-order chi connectivity index (χ1) is 6.43. The Hall–Kier alpha value is 0.440. The Bertz CT molecular complexity index is 135. The molecule has 2 heteroatoms. The van der Waals surface area contributed by atoms with Crippen molar-refractivity contribution in [2.75, 3.05) is 0 Å². The molecule has 0 saturated heterocycles. The van der Waals surface area contributed by atoms with E-state index in [0.717, 1.165) is 4.58 Å². The van der Waals surface area contributed by atoms with Crippen molar-refractivity contribution in [3.8, 4) is 0 Å². The van der Waals surface area contributed by atoms with Gasteiger partial charge in [0, 0.05) is 0 Å². The summed E-state index contributed by atoms with van der Waals surface area (Å²) >= 11 is 3.99. The molecule has 0 spiro atoms. The quantitative estimate of drug-likeness (QED) is 0.548. The molecule has 0 radical (unpaired) electrons. The molecule has 0 nitrogen and oxygen atoms in total. The average Bonchev–Trinajstić information content (AvgIpc) is 2.63. The molecule has 0 aliphatic carbocycles. The molecule has 0 bridgehead atoms. The van der Waals surface area contributed by atoms with E-state index < -0.39 is 0 Å². The molecule has 1 aliphatic heterocycles. The largest absolute Gasteiger partial charge is 0.119 e. The molecule has 76 valence electrons. The maximum Gasteiger partial charge on any atom is 0.0585 e. The van der Waals surface area contributed by atoms with Gasteiger partial charge in [-0.25, -0.2) is 0 Å². The van der Waals surface area contributed by atoms with Gasteiger partial charge in [-0.1, -0.05) is 45.4 Å². The van der Waals surface area contributed by atoms with Crippen LogP contribution in [0.1, 0.15) is 51.9 Å². The first kappa shape index (κ1) is 11.5.